The number of hydrogen-bond donors (Lipinski definition) is 2. The third kappa shape index (κ3) is 3.46. The zero-order chi connectivity index (χ0) is 13.0. The molecule has 0 heterocycles. The highest BCUT2D eigenvalue weighted by Gasteiger charge is 2.20. The molecule has 4 nitrogen and oxygen atoms in total. The smallest absolute Gasteiger partial charge is 0.241 e. The van der Waals surface area contributed by atoms with Crippen molar-refractivity contribution < 1.29 is 13.6 Å². The number of rotatable bonds is 3. The number of nitrogens with one attached hydrogen (secondary N) is 1. The van der Waals surface area contributed by atoms with Crippen LogP contribution in [0.25, 0.3) is 0 Å². The van der Waals surface area contributed by atoms with E-state index in [0.717, 1.165) is 12.1 Å². The third-order valence-electron chi connectivity index (χ3n) is 1.81. The number of anilines is 1. The lowest BCUT2D eigenvalue weighted by Crippen LogP contribution is -2.32. The number of amides is 1. The summed E-state index contributed by atoms with van der Waals surface area (Å²) in [6.07, 6.45) is 0. The lowest BCUT2D eigenvalue weighted by molar-refractivity contribution is -0.118. The van der Waals surface area contributed by atoms with Crippen molar-refractivity contribution in [2.45, 2.75) is 0 Å². The van der Waals surface area contributed by atoms with Gasteiger partial charge in [0.15, 0.2) is 5.92 Å². The molecule has 17 heavy (non-hydrogen) atoms. The number of halogens is 2. The molecule has 0 radical (unpaired) electrons. The summed E-state index contributed by atoms with van der Waals surface area (Å²) < 4.78 is 25.7. The van der Waals surface area contributed by atoms with Crippen LogP contribution >= 0.6 is 12.2 Å². The molecular formula is C10H7F2N3OS. The molecule has 1 rings (SSSR count). The molecule has 7 heteroatoms. The standard InChI is InChI=1S/C10H7F2N3OS/c11-5-1-6(12)3-7(2-5)15-10(17)8(4-13)9(14)16/h1-3,8H,(H2,14,16)(H,15,17). The molecule has 1 amide bonds. The van der Waals surface area contributed by atoms with Gasteiger partial charge in [0.1, 0.15) is 16.6 Å². The molecule has 0 fully saturated rings. The monoisotopic (exact) mass is 255 g/mol. The van der Waals surface area contributed by atoms with E-state index in [4.69, 9.17) is 23.2 Å². The van der Waals surface area contributed by atoms with Gasteiger partial charge in [-0.05, 0) is 12.1 Å². The average molecular weight is 255 g/mol. The number of benzene rings is 1. The average Bonchev–Trinajstić information content (AvgIpc) is 2.15. The Morgan fingerprint density at radius 2 is 1.94 bits per heavy atom. The lowest BCUT2D eigenvalue weighted by Gasteiger charge is -2.10. The SMILES string of the molecule is N#CC(C(N)=O)C(=S)Nc1cc(F)cc(F)c1. The van der Waals surface area contributed by atoms with E-state index >= 15 is 0 Å². The number of nitrogens with two attached hydrogens (primary N) is 1. The maximum absolute atomic E-state index is 12.8. The van der Waals surface area contributed by atoms with Crippen molar-refractivity contribution in [3.8, 4) is 6.07 Å². The first kappa shape index (κ1) is 13.0. The minimum absolute atomic E-state index is 0.00833. The number of hydrogen-bond acceptors (Lipinski definition) is 3. The normalized spacial score (nSPS) is 11.4. The summed E-state index contributed by atoms with van der Waals surface area (Å²) in [7, 11) is 0. The van der Waals surface area contributed by atoms with Crippen LogP contribution in [0, 0.1) is 28.9 Å². The van der Waals surface area contributed by atoms with Crippen LogP contribution in [0.15, 0.2) is 18.2 Å². The van der Waals surface area contributed by atoms with Gasteiger partial charge in [0, 0.05) is 11.8 Å². The van der Waals surface area contributed by atoms with E-state index in [9.17, 15) is 13.6 Å². The van der Waals surface area contributed by atoms with Gasteiger partial charge in [-0.25, -0.2) is 8.78 Å². The molecule has 0 saturated heterocycles. The Balaban J connectivity index is 2.88. The van der Waals surface area contributed by atoms with Crippen LogP contribution in [0.4, 0.5) is 14.5 Å². The molecule has 0 aliphatic heterocycles. The van der Waals surface area contributed by atoms with E-state index in [-0.39, 0.29) is 10.7 Å². The van der Waals surface area contributed by atoms with Crippen LogP contribution in [0.5, 0.6) is 0 Å². The highest BCUT2D eigenvalue weighted by atomic mass is 32.1. The first-order chi connectivity index (χ1) is 7.93. The Morgan fingerprint density at radius 3 is 2.35 bits per heavy atom. The van der Waals surface area contributed by atoms with Gasteiger partial charge >= 0.3 is 0 Å². The van der Waals surface area contributed by atoms with Crippen molar-refractivity contribution >= 4 is 28.8 Å². The first-order valence-corrected chi connectivity index (χ1v) is 4.80. The molecule has 1 aromatic rings. The van der Waals surface area contributed by atoms with Gasteiger partial charge in [0.2, 0.25) is 5.91 Å². The van der Waals surface area contributed by atoms with E-state index in [1.807, 2.05) is 0 Å². The summed E-state index contributed by atoms with van der Waals surface area (Å²) in [4.78, 5) is 10.6. The van der Waals surface area contributed by atoms with Crippen molar-refractivity contribution in [1.29, 1.82) is 5.26 Å². The number of primary amides is 1. The minimum atomic E-state index is -1.34. The van der Waals surface area contributed by atoms with Crippen molar-refractivity contribution in [1.82, 2.24) is 0 Å². The second-order valence-corrected chi connectivity index (χ2v) is 3.55. The van der Waals surface area contributed by atoms with Crippen LogP contribution in [0.2, 0.25) is 0 Å². The van der Waals surface area contributed by atoms with Crippen molar-refractivity contribution in [3.63, 3.8) is 0 Å². The maximum Gasteiger partial charge on any atom is 0.241 e. The molecule has 0 spiro atoms. The second kappa shape index (κ2) is 5.32. The summed E-state index contributed by atoms with van der Waals surface area (Å²) in [6, 6.07) is 4.22. The van der Waals surface area contributed by atoms with E-state index in [0.29, 0.717) is 6.07 Å². The highest BCUT2D eigenvalue weighted by molar-refractivity contribution is 7.80. The summed E-state index contributed by atoms with van der Waals surface area (Å²) in [5.74, 6) is -3.87. The van der Waals surface area contributed by atoms with Gasteiger partial charge in [-0.15, -0.1) is 0 Å². The minimum Gasteiger partial charge on any atom is -0.368 e. The molecule has 1 aromatic carbocycles. The van der Waals surface area contributed by atoms with E-state index in [1.165, 1.54) is 0 Å². The zero-order valence-electron chi connectivity index (χ0n) is 8.41. The van der Waals surface area contributed by atoms with Gasteiger partial charge in [0.05, 0.1) is 6.07 Å². The van der Waals surface area contributed by atoms with Gasteiger partial charge in [-0.1, -0.05) is 12.2 Å². The molecule has 1 unspecified atom stereocenters. The molecule has 0 saturated carbocycles. The van der Waals surface area contributed by atoms with Crippen LogP contribution in [0.3, 0.4) is 0 Å². The quantitative estimate of drug-likeness (QED) is 0.798. The number of nitrogens with zero attached hydrogens (tertiary/aromatic N) is 1. The Hall–Kier alpha value is -2.07. The number of carbonyl (C=O) groups excluding carboxylic acids is 1. The van der Waals surface area contributed by atoms with Crippen molar-refractivity contribution in [2.75, 3.05) is 5.32 Å². The van der Waals surface area contributed by atoms with Gasteiger partial charge in [-0.2, -0.15) is 5.26 Å². The van der Waals surface area contributed by atoms with Crippen LogP contribution < -0.4 is 11.1 Å². The molecule has 3 N–H and O–H groups in total. The number of thiocarbonyl (C=S) groups is 1. The molecule has 0 aliphatic carbocycles. The fourth-order valence-electron chi connectivity index (χ4n) is 1.09. The maximum atomic E-state index is 12.8. The zero-order valence-corrected chi connectivity index (χ0v) is 9.22. The van der Waals surface area contributed by atoms with Gasteiger partial charge < -0.3 is 11.1 Å². The highest BCUT2D eigenvalue weighted by Crippen LogP contribution is 2.14. The van der Waals surface area contributed by atoms with E-state index in [2.05, 4.69) is 5.32 Å². The fraction of sp³-hybridized carbons (Fsp3) is 0.100. The largest absolute Gasteiger partial charge is 0.368 e. The van der Waals surface area contributed by atoms with E-state index in [1.54, 1.807) is 6.07 Å². The lowest BCUT2D eigenvalue weighted by atomic mass is 10.1. The number of nitriles is 1. The Kier molecular flexibility index (Phi) is 4.06. The molecule has 1 atom stereocenters. The summed E-state index contributed by atoms with van der Waals surface area (Å²) in [5.41, 5.74) is 4.93. The Labute approximate surface area is 101 Å². The number of carbonyl (C=O) groups is 1. The van der Waals surface area contributed by atoms with Crippen LogP contribution in [-0.2, 0) is 4.79 Å². The topological polar surface area (TPSA) is 78.9 Å². The van der Waals surface area contributed by atoms with Crippen LogP contribution in [0.1, 0.15) is 0 Å². The fourth-order valence-corrected chi connectivity index (χ4v) is 1.38. The third-order valence-corrected chi connectivity index (χ3v) is 2.14. The first-order valence-electron chi connectivity index (χ1n) is 4.40. The van der Waals surface area contributed by atoms with Gasteiger partial charge in [-0.3, -0.25) is 4.79 Å². The van der Waals surface area contributed by atoms with E-state index < -0.39 is 23.5 Å². The molecular weight excluding hydrogens is 248 g/mol. The molecule has 0 bridgehead atoms. The molecule has 88 valence electrons. The molecule has 0 aliphatic rings. The predicted octanol–water partition coefficient (Wildman–Crippen LogP) is 1.33. The summed E-state index contributed by atoms with van der Waals surface area (Å²) >= 11 is 4.74. The van der Waals surface area contributed by atoms with Gasteiger partial charge in [0.25, 0.3) is 0 Å². The van der Waals surface area contributed by atoms with Crippen molar-refractivity contribution in [3.05, 3.63) is 29.8 Å². The van der Waals surface area contributed by atoms with Crippen LogP contribution in [-0.4, -0.2) is 10.9 Å². The summed E-state index contributed by atoms with van der Waals surface area (Å²) in [6.45, 7) is 0. The van der Waals surface area contributed by atoms with Crippen molar-refractivity contribution in [2.24, 2.45) is 11.7 Å². The molecule has 0 aromatic heterocycles. The predicted molar refractivity (Wildman–Crippen MR) is 60.9 cm³/mol. The Bertz CT molecular complexity index is 493. The summed E-state index contributed by atoms with van der Waals surface area (Å²) in [5, 5.41) is 11.0. The Morgan fingerprint density at radius 1 is 1.41 bits per heavy atom. The second-order valence-electron chi connectivity index (χ2n) is 3.11.